The summed E-state index contributed by atoms with van der Waals surface area (Å²) in [6.07, 6.45) is 5.18. The van der Waals surface area contributed by atoms with Crippen LogP contribution in [0, 0.1) is 0 Å². The minimum Gasteiger partial charge on any atom is -0.393 e. The van der Waals surface area contributed by atoms with Gasteiger partial charge < -0.3 is 25.5 Å². The Morgan fingerprint density at radius 3 is 2.62 bits per heavy atom. The maximum absolute atomic E-state index is 9.61. The molecular formula is C22H38IN5O. The van der Waals surface area contributed by atoms with Crippen molar-refractivity contribution in [2.45, 2.75) is 51.2 Å². The topological polar surface area (TPSA) is 63.1 Å². The van der Waals surface area contributed by atoms with Crippen LogP contribution < -0.4 is 15.5 Å². The van der Waals surface area contributed by atoms with E-state index < -0.39 is 0 Å². The van der Waals surface area contributed by atoms with Gasteiger partial charge in [-0.1, -0.05) is 18.2 Å². The van der Waals surface area contributed by atoms with Crippen LogP contribution in [0.2, 0.25) is 0 Å². The van der Waals surface area contributed by atoms with Crippen molar-refractivity contribution in [2.75, 3.05) is 50.7 Å². The highest BCUT2D eigenvalue weighted by Crippen LogP contribution is 2.19. The number of hydrogen-bond donors (Lipinski definition) is 3. The fourth-order valence-corrected chi connectivity index (χ4v) is 4.11. The predicted octanol–water partition coefficient (Wildman–Crippen LogP) is 2.68. The number of nitrogens with one attached hydrogen (secondary N) is 2. The molecule has 1 unspecified atom stereocenters. The first-order valence-corrected chi connectivity index (χ1v) is 11.0. The van der Waals surface area contributed by atoms with Crippen molar-refractivity contribution in [3.8, 4) is 0 Å². The third kappa shape index (κ3) is 8.30. The quantitative estimate of drug-likeness (QED) is 0.226. The van der Waals surface area contributed by atoms with Gasteiger partial charge in [-0.05, 0) is 57.7 Å². The highest BCUT2D eigenvalue weighted by molar-refractivity contribution is 14.0. The lowest BCUT2D eigenvalue weighted by molar-refractivity contribution is 0.0824. The van der Waals surface area contributed by atoms with E-state index in [9.17, 15) is 5.11 Å². The number of nitrogens with zero attached hydrogens (tertiary/aromatic N) is 3. The summed E-state index contributed by atoms with van der Waals surface area (Å²) < 4.78 is 0. The minimum atomic E-state index is -0.0928. The lowest BCUT2D eigenvalue weighted by Crippen LogP contribution is -2.51. The van der Waals surface area contributed by atoms with Gasteiger partial charge in [-0.25, -0.2) is 0 Å². The molecule has 0 aromatic heterocycles. The standard InChI is InChI=1S/C22H37N5O.HI/c1-2-23-22(24-13-7-14-26-16-11-21(28)12-17-26)25-19-8-6-15-27(18-19)20-9-4-3-5-10-20;/h3-5,9-10,19,21,28H,2,6-8,11-18H2,1H3,(H2,23,24,25);1H. The van der Waals surface area contributed by atoms with Gasteiger partial charge in [0.2, 0.25) is 0 Å². The second-order valence-electron chi connectivity index (χ2n) is 7.95. The smallest absolute Gasteiger partial charge is 0.191 e. The van der Waals surface area contributed by atoms with Gasteiger partial charge in [0.25, 0.3) is 0 Å². The van der Waals surface area contributed by atoms with E-state index in [-0.39, 0.29) is 30.1 Å². The summed E-state index contributed by atoms with van der Waals surface area (Å²) in [6, 6.07) is 11.1. The molecule has 164 valence electrons. The highest BCUT2D eigenvalue weighted by Gasteiger charge is 2.21. The van der Waals surface area contributed by atoms with Gasteiger partial charge in [0.15, 0.2) is 5.96 Å². The molecule has 0 aliphatic carbocycles. The number of likely N-dealkylation sites (tertiary alicyclic amines) is 1. The number of para-hydroxylation sites is 1. The normalized spacial score (nSPS) is 21.5. The molecule has 0 bridgehead atoms. The number of benzene rings is 1. The van der Waals surface area contributed by atoms with Crippen LogP contribution in [0.15, 0.2) is 35.3 Å². The lowest BCUT2D eigenvalue weighted by Gasteiger charge is -2.35. The molecule has 0 amide bonds. The number of piperidine rings is 2. The molecule has 0 spiro atoms. The molecule has 2 fully saturated rings. The van der Waals surface area contributed by atoms with E-state index in [0.717, 1.165) is 71.0 Å². The Kier molecular flexibility index (Phi) is 11.1. The summed E-state index contributed by atoms with van der Waals surface area (Å²) >= 11 is 0. The molecule has 6 nitrogen and oxygen atoms in total. The average molecular weight is 515 g/mol. The Balaban J connectivity index is 0.00000300. The molecule has 1 aromatic carbocycles. The molecule has 3 rings (SSSR count). The zero-order chi connectivity index (χ0) is 19.6. The summed E-state index contributed by atoms with van der Waals surface area (Å²) in [6.45, 7) is 9.08. The molecule has 2 aliphatic heterocycles. The van der Waals surface area contributed by atoms with Crippen molar-refractivity contribution < 1.29 is 5.11 Å². The number of hydrogen-bond acceptors (Lipinski definition) is 4. The largest absolute Gasteiger partial charge is 0.393 e. The van der Waals surface area contributed by atoms with Crippen LogP contribution in [0.1, 0.15) is 39.0 Å². The Hall–Kier alpha value is -1.06. The van der Waals surface area contributed by atoms with Gasteiger partial charge in [-0.15, -0.1) is 24.0 Å². The van der Waals surface area contributed by atoms with E-state index in [0.29, 0.717) is 6.04 Å². The fraction of sp³-hybridized carbons (Fsp3) is 0.682. The van der Waals surface area contributed by atoms with Crippen molar-refractivity contribution in [1.82, 2.24) is 15.5 Å². The third-order valence-corrected chi connectivity index (χ3v) is 5.69. The van der Waals surface area contributed by atoms with E-state index in [1.807, 2.05) is 0 Å². The second kappa shape index (κ2) is 13.3. The van der Waals surface area contributed by atoms with Gasteiger partial charge in [0, 0.05) is 51.0 Å². The van der Waals surface area contributed by atoms with Crippen LogP contribution in [-0.4, -0.2) is 73.9 Å². The van der Waals surface area contributed by atoms with Crippen LogP contribution in [0.25, 0.3) is 0 Å². The number of aliphatic imine (C=N–C) groups is 1. The molecule has 29 heavy (non-hydrogen) atoms. The number of aliphatic hydroxyl groups is 1. The van der Waals surface area contributed by atoms with Crippen molar-refractivity contribution >= 4 is 35.6 Å². The zero-order valence-corrected chi connectivity index (χ0v) is 20.1. The lowest BCUT2D eigenvalue weighted by atomic mass is 10.1. The summed E-state index contributed by atoms with van der Waals surface area (Å²) in [5, 5.41) is 16.7. The van der Waals surface area contributed by atoms with E-state index in [2.05, 4.69) is 57.7 Å². The van der Waals surface area contributed by atoms with Crippen LogP contribution in [-0.2, 0) is 0 Å². The van der Waals surface area contributed by atoms with Crippen LogP contribution >= 0.6 is 24.0 Å². The number of rotatable bonds is 7. The van der Waals surface area contributed by atoms with E-state index in [1.165, 1.54) is 18.5 Å². The maximum atomic E-state index is 9.61. The monoisotopic (exact) mass is 515 g/mol. The molecule has 0 radical (unpaired) electrons. The number of aliphatic hydroxyl groups excluding tert-OH is 1. The molecule has 2 saturated heterocycles. The molecule has 1 aromatic rings. The molecular weight excluding hydrogens is 477 g/mol. The van der Waals surface area contributed by atoms with Crippen LogP contribution in [0.5, 0.6) is 0 Å². The fourth-order valence-electron chi connectivity index (χ4n) is 4.11. The second-order valence-corrected chi connectivity index (χ2v) is 7.95. The first-order valence-electron chi connectivity index (χ1n) is 11.0. The Labute approximate surface area is 193 Å². The molecule has 2 aliphatic rings. The van der Waals surface area contributed by atoms with Crippen LogP contribution in [0.4, 0.5) is 5.69 Å². The van der Waals surface area contributed by atoms with Crippen molar-refractivity contribution in [1.29, 1.82) is 0 Å². The number of halogens is 1. The van der Waals surface area contributed by atoms with E-state index >= 15 is 0 Å². The van der Waals surface area contributed by atoms with E-state index in [1.54, 1.807) is 0 Å². The molecule has 3 N–H and O–H groups in total. The average Bonchev–Trinajstić information content (AvgIpc) is 2.73. The molecule has 0 saturated carbocycles. The zero-order valence-electron chi connectivity index (χ0n) is 17.7. The van der Waals surface area contributed by atoms with Crippen molar-refractivity contribution in [3.05, 3.63) is 30.3 Å². The Morgan fingerprint density at radius 1 is 1.14 bits per heavy atom. The Bertz CT molecular complexity index is 592. The number of guanidine groups is 1. The van der Waals surface area contributed by atoms with Gasteiger partial charge in [0.05, 0.1) is 6.10 Å². The Morgan fingerprint density at radius 2 is 1.90 bits per heavy atom. The predicted molar refractivity (Wildman–Crippen MR) is 133 cm³/mol. The third-order valence-electron chi connectivity index (χ3n) is 5.69. The summed E-state index contributed by atoms with van der Waals surface area (Å²) in [5.41, 5.74) is 1.31. The molecule has 7 heteroatoms. The van der Waals surface area contributed by atoms with Gasteiger partial charge in [0.1, 0.15) is 0 Å². The molecule has 2 heterocycles. The van der Waals surface area contributed by atoms with Gasteiger partial charge in [-0.2, -0.15) is 0 Å². The van der Waals surface area contributed by atoms with E-state index in [4.69, 9.17) is 4.99 Å². The van der Waals surface area contributed by atoms with Crippen LogP contribution in [0.3, 0.4) is 0 Å². The van der Waals surface area contributed by atoms with Crippen molar-refractivity contribution in [3.63, 3.8) is 0 Å². The summed E-state index contributed by atoms with van der Waals surface area (Å²) in [4.78, 5) is 9.72. The highest BCUT2D eigenvalue weighted by atomic mass is 127. The SMILES string of the molecule is CCNC(=NCCCN1CCC(O)CC1)NC1CCCN(c2ccccc2)C1.I. The van der Waals surface area contributed by atoms with Gasteiger partial charge >= 0.3 is 0 Å². The van der Waals surface area contributed by atoms with Crippen molar-refractivity contribution in [2.24, 2.45) is 4.99 Å². The first kappa shape index (κ1) is 24.2. The maximum Gasteiger partial charge on any atom is 0.191 e. The summed E-state index contributed by atoms with van der Waals surface area (Å²) in [5.74, 6) is 0.941. The molecule has 1 atom stereocenters. The first-order chi connectivity index (χ1) is 13.7. The number of anilines is 1. The summed E-state index contributed by atoms with van der Waals surface area (Å²) in [7, 11) is 0. The van der Waals surface area contributed by atoms with Gasteiger partial charge in [-0.3, -0.25) is 4.99 Å². The minimum absolute atomic E-state index is 0.